The Morgan fingerprint density at radius 3 is 2.60 bits per heavy atom. The van der Waals surface area contributed by atoms with Gasteiger partial charge in [-0.05, 0) is 85.4 Å². The van der Waals surface area contributed by atoms with Crippen LogP contribution in [0.4, 0.5) is 0 Å². The first-order chi connectivity index (χ1) is 31.2. The van der Waals surface area contributed by atoms with E-state index in [4.69, 9.17) is 18.9 Å². The zero-order valence-corrected chi connectivity index (χ0v) is 35.8. The van der Waals surface area contributed by atoms with Crippen LogP contribution < -0.4 is 15.5 Å². The highest BCUT2D eigenvalue weighted by atomic mass is 17.2. The van der Waals surface area contributed by atoms with Gasteiger partial charge < -0.3 is 59.8 Å². The number of aromatic nitrogens is 2. The number of aromatic hydroxyl groups is 2. The number of aryl methyl sites for hydroxylation is 1. The Bertz CT molecular complexity index is 2870. The molecule has 2 spiro atoms. The normalized spacial score (nSPS) is 25.0. The second-order valence-corrected chi connectivity index (χ2v) is 18.7. The molecule has 8 atom stereocenters. The minimum atomic E-state index is -2.41. The summed E-state index contributed by atoms with van der Waals surface area (Å²) in [6.07, 6.45) is 6.91. The molecule has 5 heterocycles. The summed E-state index contributed by atoms with van der Waals surface area (Å²) < 4.78 is 15.6. The zero-order chi connectivity index (χ0) is 45.4. The van der Waals surface area contributed by atoms with Crippen molar-refractivity contribution >= 4 is 38.6 Å². The van der Waals surface area contributed by atoms with Crippen LogP contribution in [-0.4, -0.2) is 107 Å². The topological polar surface area (TPSA) is 249 Å². The van der Waals surface area contributed by atoms with E-state index in [1.165, 1.54) is 36.4 Å². The van der Waals surface area contributed by atoms with Crippen molar-refractivity contribution in [1.82, 2.24) is 14.9 Å². The lowest BCUT2D eigenvalue weighted by Crippen LogP contribution is -2.58. The molecule has 10 rings (SSSR count). The van der Waals surface area contributed by atoms with Gasteiger partial charge in [-0.25, -0.2) is 9.78 Å². The Morgan fingerprint density at radius 1 is 1.00 bits per heavy atom. The molecule has 16 nitrogen and oxygen atoms in total. The largest absolute Gasteiger partial charge is 0.508 e. The van der Waals surface area contributed by atoms with Gasteiger partial charge in [-0.15, -0.1) is 0 Å². The molecule has 2 aliphatic heterocycles. The monoisotopic (exact) mass is 891 g/mol. The van der Waals surface area contributed by atoms with Crippen molar-refractivity contribution in [2.75, 3.05) is 19.8 Å². The molecule has 2 fully saturated rings. The molecule has 1 saturated carbocycles. The fourth-order valence-electron chi connectivity index (χ4n) is 11.3. The summed E-state index contributed by atoms with van der Waals surface area (Å²) in [5.41, 5.74) is -1.66. The first-order valence-electron chi connectivity index (χ1n) is 22.2. The molecule has 0 bridgehead atoms. The number of ether oxygens (including phenoxy) is 1. The Labute approximate surface area is 372 Å². The van der Waals surface area contributed by atoms with E-state index in [9.17, 15) is 45.3 Å². The number of nitrogens with one attached hydrogen (secondary N) is 2. The van der Waals surface area contributed by atoms with E-state index in [0.29, 0.717) is 69.5 Å². The van der Waals surface area contributed by atoms with Crippen molar-refractivity contribution in [1.29, 1.82) is 0 Å². The predicted octanol–water partition coefficient (Wildman–Crippen LogP) is 4.25. The van der Waals surface area contributed by atoms with Gasteiger partial charge in [0.1, 0.15) is 65.2 Å². The first-order valence-corrected chi connectivity index (χ1v) is 22.2. The summed E-state index contributed by atoms with van der Waals surface area (Å²) >= 11 is 0. The lowest BCUT2D eigenvalue weighted by molar-refractivity contribution is -0.373. The summed E-state index contributed by atoms with van der Waals surface area (Å²) in [5.74, 6) is 0.593. The van der Waals surface area contributed by atoms with Crippen molar-refractivity contribution in [3.05, 3.63) is 106 Å². The number of nitrogens with zero attached hydrogens (tertiary/aromatic N) is 1. The van der Waals surface area contributed by atoms with Crippen molar-refractivity contribution in [2.24, 2.45) is 17.3 Å². The van der Waals surface area contributed by atoms with Crippen LogP contribution >= 0.6 is 0 Å². The lowest BCUT2D eigenvalue weighted by Gasteiger charge is -2.48. The van der Waals surface area contributed by atoms with Gasteiger partial charge in [0, 0.05) is 66.8 Å². The standard InChI is InChI=1S/C49H53N3O13/c1-26-15-38(56)34-16-30-17-40(65-62-25-48(61,45(59)42(58)39(57)24-53)19-27-6-9-37(55)32-8-7-31(54)18-33(27)32)49(13-4-5-28(20-49)35-21-51-46(60)47(35)11-2-3-12-47)64-43(30)41(44(34)63-26)52-22-29-10-14-50-36(29)23-52/h4-10,14-16,18,22-23,28,35,39-40,42,45,50,53-55,57-59,61H,2-3,11-13,17,19-21,24-25H2,1H3,(H,51,60). The van der Waals surface area contributed by atoms with Gasteiger partial charge in [0.05, 0.1) is 22.9 Å². The van der Waals surface area contributed by atoms with Crippen LogP contribution in [0.1, 0.15) is 55.4 Å². The number of aromatic amines is 1. The molecule has 2 aliphatic carbocycles. The van der Waals surface area contributed by atoms with Crippen molar-refractivity contribution in [2.45, 2.75) is 93.9 Å². The maximum atomic E-state index is 13.7. The molecule has 4 aliphatic rings. The molecule has 342 valence electrons. The number of fused-ring (bicyclic) bond motifs is 4. The first kappa shape index (κ1) is 43.2. The third-order valence-electron chi connectivity index (χ3n) is 14.7. The van der Waals surface area contributed by atoms with Crippen LogP contribution in [0.25, 0.3) is 38.3 Å². The summed E-state index contributed by atoms with van der Waals surface area (Å²) in [6.45, 7) is 0.522. The summed E-state index contributed by atoms with van der Waals surface area (Å²) in [6, 6.07) is 12.3. The second-order valence-electron chi connectivity index (χ2n) is 18.7. The van der Waals surface area contributed by atoms with E-state index in [2.05, 4.69) is 16.4 Å². The fraction of sp³-hybridized carbons (Fsp3) is 0.429. The van der Waals surface area contributed by atoms with Gasteiger partial charge in [-0.1, -0.05) is 31.1 Å². The number of carbonyl (C=O) groups excluding carboxylic acids is 1. The number of carbonyl (C=O) groups is 1. The van der Waals surface area contributed by atoms with Gasteiger partial charge >= 0.3 is 0 Å². The van der Waals surface area contributed by atoms with Crippen molar-refractivity contribution in [3.63, 3.8) is 0 Å². The van der Waals surface area contributed by atoms with E-state index in [1.807, 2.05) is 35.3 Å². The maximum absolute atomic E-state index is 13.7. The molecule has 65 heavy (non-hydrogen) atoms. The molecular formula is C49H53N3O13. The van der Waals surface area contributed by atoms with E-state index < -0.39 is 60.7 Å². The number of H-pyrrole nitrogens is 1. The summed E-state index contributed by atoms with van der Waals surface area (Å²) in [5, 5.41) is 81.1. The molecule has 9 N–H and O–H groups in total. The van der Waals surface area contributed by atoms with E-state index in [0.717, 1.165) is 36.6 Å². The highest BCUT2D eigenvalue weighted by molar-refractivity contribution is 5.93. The highest BCUT2D eigenvalue weighted by Gasteiger charge is 2.58. The molecule has 6 aromatic rings. The van der Waals surface area contributed by atoms with Crippen LogP contribution in [0.5, 0.6) is 17.2 Å². The number of phenolic OH excluding ortho intramolecular Hbond substituents is 2. The SMILES string of the molecule is Cc1cc(=O)c2cc3c(c(-n4cc5cc[nH]c5c4)c2o1)OC1(CC=CC(C2CNC(=O)C24CCCC4)C1)C(OOCC(O)(Cc1ccc(O)c2ccc(O)cc12)C(O)C(O)C(O)CO)C3. The second kappa shape index (κ2) is 16.3. The van der Waals surface area contributed by atoms with Gasteiger partial charge in [-0.2, -0.15) is 0 Å². The van der Waals surface area contributed by atoms with Gasteiger partial charge in [0.15, 0.2) is 16.8 Å². The lowest BCUT2D eigenvalue weighted by atomic mass is 9.64. The number of rotatable bonds is 12. The van der Waals surface area contributed by atoms with Gasteiger partial charge in [0.2, 0.25) is 5.91 Å². The molecule has 0 radical (unpaired) electrons. The zero-order valence-electron chi connectivity index (χ0n) is 35.8. The third kappa shape index (κ3) is 7.28. The van der Waals surface area contributed by atoms with Crippen molar-refractivity contribution < 1.29 is 59.5 Å². The molecule has 1 saturated heterocycles. The minimum absolute atomic E-state index is 0.0289. The molecular weight excluding hydrogens is 839 g/mol. The van der Waals surface area contributed by atoms with Gasteiger partial charge in [0.25, 0.3) is 0 Å². The Balaban J connectivity index is 1.05. The number of allylic oxidation sites excluding steroid dienone is 1. The van der Waals surface area contributed by atoms with Crippen LogP contribution in [0.2, 0.25) is 0 Å². The minimum Gasteiger partial charge on any atom is -0.508 e. The van der Waals surface area contributed by atoms with Crippen LogP contribution in [0, 0.1) is 24.2 Å². The number of aliphatic hydroxyl groups excluding tert-OH is 4. The van der Waals surface area contributed by atoms with Crippen LogP contribution in [0.3, 0.4) is 0 Å². The number of aliphatic hydroxyl groups is 5. The summed E-state index contributed by atoms with van der Waals surface area (Å²) in [4.78, 5) is 42.9. The van der Waals surface area contributed by atoms with Crippen molar-refractivity contribution in [3.8, 4) is 22.9 Å². The van der Waals surface area contributed by atoms with E-state index in [-0.39, 0.29) is 41.1 Å². The van der Waals surface area contributed by atoms with E-state index >= 15 is 0 Å². The molecule has 1 amide bonds. The number of hydrogen-bond donors (Lipinski definition) is 9. The Kier molecular flexibility index (Phi) is 10.8. The molecule has 3 aromatic carbocycles. The number of hydrogen-bond acceptors (Lipinski definition) is 13. The highest BCUT2D eigenvalue weighted by Crippen LogP contribution is 2.55. The quantitative estimate of drug-likeness (QED) is 0.0475. The number of amides is 1. The van der Waals surface area contributed by atoms with Gasteiger partial charge in [-0.3, -0.25) is 9.59 Å². The number of benzene rings is 3. The molecule has 3 aromatic heterocycles. The predicted molar refractivity (Wildman–Crippen MR) is 237 cm³/mol. The average molecular weight is 892 g/mol. The average Bonchev–Trinajstić information content (AvgIpc) is 4.10. The smallest absolute Gasteiger partial charge is 0.226 e. The third-order valence-corrected chi connectivity index (χ3v) is 14.7. The van der Waals surface area contributed by atoms with E-state index in [1.54, 1.807) is 13.0 Å². The fourth-order valence-corrected chi connectivity index (χ4v) is 11.3. The molecule has 8 unspecified atom stereocenters. The van der Waals surface area contributed by atoms with Crippen LogP contribution in [-0.2, 0) is 27.4 Å². The Hall–Kier alpha value is -5.72. The summed E-state index contributed by atoms with van der Waals surface area (Å²) in [7, 11) is 0. The number of phenols is 2. The maximum Gasteiger partial charge on any atom is 0.226 e. The van der Waals surface area contributed by atoms with Crippen LogP contribution in [0.15, 0.2) is 88.5 Å². The Morgan fingerprint density at radius 2 is 1.82 bits per heavy atom. The molecule has 16 heteroatoms.